The van der Waals surface area contributed by atoms with Gasteiger partial charge in [-0.15, -0.1) is 0 Å². The lowest BCUT2D eigenvalue weighted by Crippen LogP contribution is -2.36. The molecule has 118 valence electrons. The molecule has 1 aromatic carbocycles. The van der Waals surface area contributed by atoms with Gasteiger partial charge in [0.15, 0.2) is 0 Å². The Hall–Kier alpha value is -1.22. The highest BCUT2D eigenvalue weighted by Crippen LogP contribution is 2.30. The molecule has 0 radical (unpaired) electrons. The average Bonchev–Trinajstić information content (AvgIpc) is 2.36. The maximum atomic E-state index is 12.2. The number of halogens is 1. The van der Waals surface area contributed by atoms with Crippen LogP contribution < -0.4 is 4.72 Å². The molecular formula is C12H17ClN2O5S. The number of nitro benzene ring substituents is 1. The van der Waals surface area contributed by atoms with Crippen LogP contribution in [0.2, 0.25) is 5.02 Å². The number of hydrogen-bond donors (Lipinski definition) is 2. The van der Waals surface area contributed by atoms with Crippen LogP contribution in [-0.4, -0.2) is 31.6 Å². The second-order valence-corrected chi connectivity index (χ2v) is 7.62. The molecular weight excluding hydrogens is 320 g/mol. The summed E-state index contributed by atoms with van der Waals surface area (Å²) in [6, 6.07) is 2.18. The lowest BCUT2D eigenvalue weighted by molar-refractivity contribution is -0.384. The molecule has 0 heterocycles. The molecule has 0 unspecified atom stereocenters. The first-order valence-electron chi connectivity index (χ1n) is 6.05. The molecule has 0 amide bonds. The van der Waals surface area contributed by atoms with Crippen LogP contribution in [0.15, 0.2) is 17.0 Å². The number of nitrogens with zero attached hydrogens (tertiary/aromatic N) is 1. The molecule has 9 heteroatoms. The molecule has 0 bridgehead atoms. The Balaban J connectivity index is 3.20. The summed E-state index contributed by atoms with van der Waals surface area (Å²) in [5.41, 5.74) is -0.803. The molecule has 0 aliphatic rings. The van der Waals surface area contributed by atoms with E-state index in [0.29, 0.717) is 5.56 Å². The SMILES string of the molecule is Cc1cc(Cl)c([N+](=O)[O-])cc1S(=O)(=O)NCC(C)(C)CO. The van der Waals surface area contributed by atoms with Crippen molar-refractivity contribution < 1.29 is 18.4 Å². The fraction of sp³-hybridized carbons (Fsp3) is 0.500. The van der Waals surface area contributed by atoms with E-state index in [1.807, 2.05) is 0 Å². The molecule has 7 nitrogen and oxygen atoms in total. The summed E-state index contributed by atoms with van der Waals surface area (Å²) in [6.45, 7) is 4.68. The summed E-state index contributed by atoms with van der Waals surface area (Å²) >= 11 is 5.73. The van der Waals surface area contributed by atoms with Gasteiger partial charge >= 0.3 is 0 Å². The van der Waals surface area contributed by atoms with E-state index >= 15 is 0 Å². The molecule has 0 aliphatic carbocycles. The van der Waals surface area contributed by atoms with Crippen LogP contribution in [0, 0.1) is 22.5 Å². The van der Waals surface area contributed by atoms with Crippen molar-refractivity contribution >= 4 is 27.3 Å². The lowest BCUT2D eigenvalue weighted by Gasteiger charge is -2.22. The smallest absolute Gasteiger partial charge is 0.289 e. The van der Waals surface area contributed by atoms with Gasteiger partial charge in [0.25, 0.3) is 5.69 Å². The number of aliphatic hydroxyl groups is 1. The molecule has 0 fully saturated rings. The quantitative estimate of drug-likeness (QED) is 0.608. The van der Waals surface area contributed by atoms with Gasteiger partial charge in [0, 0.05) is 24.6 Å². The number of nitrogens with one attached hydrogen (secondary N) is 1. The van der Waals surface area contributed by atoms with Crippen molar-refractivity contribution in [1.82, 2.24) is 4.72 Å². The van der Waals surface area contributed by atoms with Crippen molar-refractivity contribution in [3.8, 4) is 0 Å². The molecule has 21 heavy (non-hydrogen) atoms. The van der Waals surface area contributed by atoms with Crippen LogP contribution in [0.5, 0.6) is 0 Å². The standard InChI is InChI=1S/C12H17ClN2O5S/c1-8-4-9(13)10(15(17)18)5-11(8)21(19,20)14-6-12(2,3)7-16/h4-5,14,16H,6-7H2,1-3H3. The van der Waals surface area contributed by atoms with Gasteiger partial charge in [0.05, 0.1) is 9.82 Å². The predicted octanol–water partition coefficient (Wildman–Crippen LogP) is 1.85. The zero-order valence-corrected chi connectivity index (χ0v) is 13.5. The zero-order chi connectivity index (χ0) is 16.4. The van der Waals surface area contributed by atoms with Crippen molar-refractivity contribution in [2.24, 2.45) is 5.41 Å². The van der Waals surface area contributed by atoms with E-state index in [9.17, 15) is 18.5 Å². The number of nitro groups is 1. The highest BCUT2D eigenvalue weighted by atomic mass is 35.5. The third-order valence-electron chi connectivity index (χ3n) is 2.90. The number of hydrogen-bond acceptors (Lipinski definition) is 5. The van der Waals surface area contributed by atoms with E-state index in [0.717, 1.165) is 6.07 Å². The topological polar surface area (TPSA) is 110 Å². The van der Waals surface area contributed by atoms with Gasteiger partial charge in [-0.3, -0.25) is 10.1 Å². The number of aliphatic hydroxyl groups excluding tert-OH is 1. The fourth-order valence-corrected chi connectivity index (χ4v) is 3.27. The third kappa shape index (κ3) is 4.37. The van der Waals surface area contributed by atoms with Gasteiger partial charge in [-0.25, -0.2) is 13.1 Å². The van der Waals surface area contributed by atoms with Crippen LogP contribution in [0.1, 0.15) is 19.4 Å². The lowest BCUT2D eigenvalue weighted by atomic mass is 9.96. The number of rotatable bonds is 6. The minimum Gasteiger partial charge on any atom is -0.396 e. The second-order valence-electron chi connectivity index (χ2n) is 5.47. The van der Waals surface area contributed by atoms with E-state index < -0.39 is 26.0 Å². The number of aryl methyl sites for hydroxylation is 1. The normalized spacial score (nSPS) is 12.4. The van der Waals surface area contributed by atoms with E-state index in [1.165, 1.54) is 13.0 Å². The summed E-state index contributed by atoms with van der Waals surface area (Å²) in [7, 11) is -3.93. The Labute approximate surface area is 128 Å². The number of sulfonamides is 1. The van der Waals surface area contributed by atoms with Gasteiger partial charge in [0.2, 0.25) is 10.0 Å². The Morgan fingerprint density at radius 3 is 2.48 bits per heavy atom. The molecule has 2 N–H and O–H groups in total. The van der Waals surface area contributed by atoms with Crippen LogP contribution in [0.3, 0.4) is 0 Å². The third-order valence-corrected chi connectivity index (χ3v) is 4.75. The van der Waals surface area contributed by atoms with E-state index in [2.05, 4.69) is 4.72 Å². The largest absolute Gasteiger partial charge is 0.396 e. The van der Waals surface area contributed by atoms with Gasteiger partial charge < -0.3 is 5.11 Å². The van der Waals surface area contributed by atoms with Crippen molar-refractivity contribution in [3.63, 3.8) is 0 Å². The van der Waals surface area contributed by atoms with Crippen molar-refractivity contribution in [2.75, 3.05) is 13.2 Å². The molecule has 0 aromatic heterocycles. The van der Waals surface area contributed by atoms with Gasteiger partial charge in [-0.05, 0) is 18.6 Å². The first-order chi connectivity index (χ1) is 9.50. The predicted molar refractivity (Wildman–Crippen MR) is 78.9 cm³/mol. The second kappa shape index (κ2) is 6.27. The maximum absolute atomic E-state index is 12.2. The van der Waals surface area contributed by atoms with Gasteiger partial charge in [0.1, 0.15) is 5.02 Å². The molecule has 0 aliphatic heterocycles. The Morgan fingerprint density at radius 2 is 2.00 bits per heavy atom. The van der Waals surface area contributed by atoms with Crippen molar-refractivity contribution in [1.29, 1.82) is 0 Å². The minimum atomic E-state index is -3.93. The Kier molecular flexibility index (Phi) is 5.32. The van der Waals surface area contributed by atoms with E-state index in [1.54, 1.807) is 13.8 Å². The summed E-state index contributed by atoms with van der Waals surface area (Å²) in [6.07, 6.45) is 0. The van der Waals surface area contributed by atoms with Crippen LogP contribution in [-0.2, 0) is 10.0 Å². The minimum absolute atomic E-state index is 0.00168. The van der Waals surface area contributed by atoms with Crippen LogP contribution >= 0.6 is 11.6 Å². The monoisotopic (exact) mass is 336 g/mol. The zero-order valence-electron chi connectivity index (χ0n) is 11.9. The average molecular weight is 337 g/mol. The first kappa shape index (κ1) is 17.8. The summed E-state index contributed by atoms with van der Waals surface area (Å²) in [5.74, 6) is 0. The van der Waals surface area contributed by atoms with Crippen molar-refractivity contribution in [3.05, 3.63) is 32.8 Å². The molecule has 0 saturated heterocycles. The first-order valence-corrected chi connectivity index (χ1v) is 7.91. The molecule has 1 rings (SSSR count). The highest BCUT2D eigenvalue weighted by Gasteiger charge is 2.26. The van der Waals surface area contributed by atoms with E-state index in [4.69, 9.17) is 16.7 Å². The fourth-order valence-electron chi connectivity index (χ4n) is 1.50. The van der Waals surface area contributed by atoms with Crippen LogP contribution in [0.4, 0.5) is 5.69 Å². The Bertz CT molecular complexity index is 658. The van der Waals surface area contributed by atoms with Crippen molar-refractivity contribution in [2.45, 2.75) is 25.7 Å². The van der Waals surface area contributed by atoms with Gasteiger partial charge in [-0.2, -0.15) is 0 Å². The maximum Gasteiger partial charge on any atom is 0.289 e. The number of benzene rings is 1. The molecule has 0 saturated carbocycles. The molecule has 1 aromatic rings. The van der Waals surface area contributed by atoms with E-state index in [-0.39, 0.29) is 23.1 Å². The molecule has 0 spiro atoms. The molecule has 0 atom stereocenters. The summed E-state index contributed by atoms with van der Waals surface area (Å²) in [5, 5.41) is 19.9. The van der Waals surface area contributed by atoms with Gasteiger partial charge in [-0.1, -0.05) is 25.4 Å². The summed E-state index contributed by atoms with van der Waals surface area (Å²) < 4.78 is 26.8. The summed E-state index contributed by atoms with van der Waals surface area (Å²) in [4.78, 5) is 9.91. The Morgan fingerprint density at radius 1 is 1.43 bits per heavy atom. The van der Waals surface area contributed by atoms with Crippen LogP contribution in [0.25, 0.3) is 0 Å². The highest BCUT2D eigenvalue weighted by molar-refractivity contribution is 7.89.